The Morgan fingerprint density at radius 3 is 2.41 bits per heavy atom. The Bertz CT molecular complexity index is 779. The summed E-state index contributed by atoms with van der Waals surface area (Å²) in [5, 5.41) is 2.88. The van der Waals surface area contributed by atoms with E-state index in [4.69, 9.17) is 0 Å². The topological polar surface area (TPSA) is 49.4 Å². The first-order valence-corrected chi connectivity index (χ1v) is 11.4. The van der Waals surface area contributed by atoms with Crippen LogP contribution >= 0.6 is 11.8 Å². The molecule has 29 heavy (non-hydrogen) atoms. The Hall–Kier alpha value is -2.27. The molecule has 0 fully saturated rings. The second kappa shape index (κ2) is 12.3. The molecule has 0 heterocycles. The van der Waals surface area contributed by atoms with Gasteiger partial charge in [0.2, 0.25) is 11.8 Å². The minimum Gasteiger partial charge on any atom is -0.355 e. The molecule has 0 aromatic heterocycles. The summed E-state index contributed by atoms with van der Waals surface area (Å²) < 4.78 is 0. The molecule has 1 atom stereocenters. The summed E-state index contributed by atoms with van der Waals surface area (Å²) in [5.41, 5.74) is 3.47. The van der Waals surface area contributed by atoms with Crippen LogP contribution in [0.3, 0.4) is 0 Å². The highest BCUT2D eigenvalue weighted by atomic mass is 32.2. The molecule has 0 aliphatic rings. The summed E-state index contributed by atoms with van der Waals surface area (Å²) >= 11 is 1.75. The third-order valence-corrected chi connectivity index (χ3v) is 5.77. The largest absolute Gasteiger partial charge is 0.355 e. The van der Waals surface area contributed by atoms with Gasteiger partial charge in [-0.2, -0.15) is 11.8 Å². The molecule has 2 aromatic rings. The first kappa shape index (κ1) is 23.0. The molecule has 0 bridgehead atoms. The number of nitrogens with one attached hydrogen (secondary N) is 1. The fraction of sp³-hybridized carbons (Fsp3) is 0.417. The molecule has 0 saturated heterocycles. The number of thioether (sulfide) groups is 1. The van der Waals surface area contributed by atoms with E-state index >= 15 is 0 Å². The average Bonchev–Trinajstić information content (AvgIpc) is 2.72. The van der Waals surface area contributed by atoms with E-state index in [1.165, 1.54) is 5.56 Å². The number of carbonyl (C=O) groups is 2. The maximum atomic E-state index is 13.1. The summed E-state index contributed by atoms with van der Waals surface area (Å²) in [6.45, 7) is 6.92. The molecule has 4 nitrogen and oxygen atoms in total. The van der Waals surface area contributed by atoms with E-state index in [1.807, 2.05) is 57.2 Å². The summed E-state index contributed by atoms with van der Waals surface area (Å²) in [4.78, 5) is 27.4. The van der Waals surface area contributed by atoms with Gasteiger partial charge >= 0.3 is 0 Å². The van der Waals surface area contributed by atoms with E-state index in [0.29, 0.717) is 25.9 Å². The van der Waals surface area contributed by atoms with Gasteiger partial charge < -0.3 is 10.2 Å². The van der Waals surface area contributed by atoms with Crippen molar-refractivity contribution in [2.75, 3.05) is 12.3 Å². The molecule has 156 valence electrons. The normalized spacial score (nSPS) is 11.7. The van der Waals surface area contributed by atoms with Crippen molar-refractivity contribution in [3.05, 3.63) is 71.3 Å². The van der Waals surface area contributed by atoms with Crippen LogP contribution in [0.15, 0.2) is 54.6 Å². The summed E-state index contributed by atoms with van der Waals surface area (Å²) in [7, 11) is 0. The van der Waals surface area contributed by atoms with Crippen LogP contribution < -0.4 is 5.32 Å². The minimum atomic E-state index is -0.443. The smallest absolute Gasteiger partial charge is 0.242 e. The van der Waals surface area contributed by atoms with Crippen molar-refractivity contribution in [1.82, 2.24) is 10.2 Å². The molecule has 2 rings (SSSR count). The molecule has 1 unspecified atom stereocenters. The number of aryl methyl sites for hydroxylation is 1. The van der Waals surface area contributed by atoms with Gasteiger partial charge in [0.05, 0.1) is 0 Å². The fourth-order valence-electron chi connectivity index (χ4n) is 3.29. The molecular weight excluding hydrogens is 380 g/mol. The van der Waals surface area contributed by atoms with Crippen molar-refractivity contribution >= 4 is 23.6 Å². The van der Waals surface area contributed by atoms with Crippen molar-refractivity contribution in [3.63, 3.8) is 0 Å². The Labute approximate surface area is 179 Å². The highest BCUT2D eigenvalue weighted by Gasteiger charge is 2.27. The zero-order valence-electron chi connectivity index (χ0n) is 17.7. The third kappa shape index (κ3) is 7.58. The zero-order chi connectivity index (χ0) is 21.1. The number of benzene rings is 2. The lowest BCUT2D eigenvalue weighted by Gasteiger charge is -2.30. The van der Waals surface area contributed by atoms with Crippen LogP contribution in [0, 0.1) is 6.92 Å². The van der Waals surface area contributed by atoms with Crippen LogP contribution in [-0.2, 0) is 21.9 Å². The molecule has 0 radical (unpaired) electrons. The van der Waals surface area contributed by atoms with Crippen LogP contribution in [0.4, 0.5) is 0 Å². The molecule has 2 aromatic carbocycles. The predicted molar refractivity (Wildman–Crippen MR) is 122 cm³/mol. The van der Waals surface area contributed by atoms with Gasteiger partial charge in [-0.25, -0.2) is 0 Å². The van der Waals surface area contributed by atoms with Gasteiger partial charge in [0.25, 0.3) is 0 Å². The van der Waals surface area contributed by atoms with E-state index in [9.17, 15) is 9.59 Å². The maximum Gasteiger partial charge on any atom is 0.242 e. The number of rotatable bonds is 11. The third-order valence-electron chi connectivity index (χ3n) is 4.74. The number of carbonyl (C=O) groups excluding carboxylic acids is 2. The number of amides is 2. The molecule has 0 spiro atoms. The summed E-state index contributed by atoms with van der Waals surface area (Å²) in [6, 6.07) is 18.0. The Morgan fingerprint density at radius 2 is 1.76 bits per heavy atom. The van der Waals surface area contributed by atoms with Crippen molar-refractivity contribution in [1.29, 1.82) is 0 Å². The van der Waals surface area contributed by atoms with E-state index in [-0.39, 0.29) is 11.8 Å². The van der Waals surface area contributed by atoms with Crippen molar-refractivity contribution in [3.8, 4) is 0 Å². The lowest BCUT2D eigenvalue weighted by molar-refractivity contribution is -0.141. The fourth-order valence-corrected chi connectivity index (χ4v) is 4.18. The van der Waals surface area contributed by atoms with E-state index < -0.39 is 6.04 Å². The van der Waals surface area contributed by atoms with Gasteiger partial charge in [-0.05, 0) is 31.4 Å². The number of hydrogen-bond acceptors (Lipinski definition) is 3. The molecule has 0 saturated carbocycles. The molecule has 0 aliphatic heterocycles. The van der Waals surface area contributed by atoms with Gasteiger partial charge in [0, 0.05) is 31.0 Å². The number of nitrogens with zero attached hydrogens (tertiary/aromatic N) is 1. The van der Waals surface area contributed by atoms with Gasteiger partial charge in [0.15, 0.2) is 0 Å². The van der Waals surface area contributed by atoms with Crippen LogP contribution in [0.1, 0.15) is 43.4 Å². The first-order chi connectivity index (χ1) is 14.0. The number of likely N-dealkylation sites (N-methyl/N-ethyl adjacent to an activating group) is 1. The Balaban J connectivity index is 2.03. The highest BCUT2D eigenvalue weighted by molar-refractivity contribution is 7.98. The molecule has 2 amide bonds. The second-order valence-corrected chi connectivity index (χ2v) is 8.22. The van der Waals surface area contributed by atoms with Gasteiger partial charge in [-0.1, -0.05) is 67.1 Å². The molecule has 1 N–H and O–H groups in total. The maximum absolute atomic E-state index is 13.1. The first-order valence-electron chi connectivity index (χ1n) is 10.3. The van der Waals surface area contributed by atoms with Crippen LogP contribution in [0.2, 0.25) is 0 Å². The van der Waals surface area contributed by atoms with Gasteiger partial charge in [-0.3, -0.25) is 9.59 Å². The quantitative estimate of drug-likeness (QED) is 0.550. The average molecular weight is 413 g/mol. The zero-order valence-corrected chi connectivity index (χ0v) is 18.5. The lowest BCUT2D eigenvalue weighted by atomic mass is 10.1. The monoisotopic (exact) mass is 412 g/mol. The Kier molecular flexibility index (Phi) is 9.78. The van der Waals surface area contributed by atoms with Crippen LogP contribution in [0.5, 0.6) is 0 Å². The number of hydrogen-bond donors (Lipinski definition) is 1. The van der Waals surface area contributed by atoms with E-state index in [0.717, 1.165) is 22.6 Å². The van der Waals surface area contributed by atoms with Crippen LogP contribution in [-0.4, -0.2) is 35.1 Å². The van der Waals surface area contributed by atoms with Crippen molar-refractivity contribution < 1.29 is 9.59 Å². The standard InChI is InChI=1S/C24H32N2O2S/c1-4-22(24(28)25-5-2)26(17-21-13-9-10-19(3)16-21)23(27)14-15-29-18-20-11-7-6-8-12-20/h6-13,16,22H,4-5,14-15,17-18H2,1-3H3,(H,25,28). The second-order valence-electron chi connectivity index (χ2n) is 7.12. The highest BCUT2D eigenvalue weighted by Crippen LogP contribution is 2.17. The molecule has 5 heteroatoms. The van der Waals surface area contributed by atoms with E-state index in [1.54, 1.807) is 16.7 Å². The molecule has 0 aliphatic carbocycles. The van der Waals surface area contributed by atoms with Gasteiger partial charge in [0.1, 0.15) is 6.04 Å². The minimum absolute atomic E-state index is 0.0326. The summed E-state index contributed by atoms with van der Waals surface area (Å²) in [6.07, 6.45) is 1.03. The van der Waals surface area contributed by atoms with E-state index in [2.05, 4.69) is 23.5 Å². The lowest BCUT2D eigenvalue weighted by Crippen LogP contribution is -2.49. The molecular formula is C24H32N2O2S. The Morgan fingerprint density at radius 1 is 1.03 bits per heavy atom. The van der Waals surface area contributed by atoms with Crippen LogP contribution in [0.25, 0.3) is 0 Å². The van der Waals surface area contributed by atoms with Crippen molar-refractivity contribution in [2.24, 2.45) is 0 Å². The van der Waals surface area contributed by atoms with Crippen molar-refractivity contribution in [2.45, 2.75) is 52.0 Å². The van der Waals surface area contributed by atoms with Gasteiger partial charge in [-0.15, -0.1) is 0 Å². The predicted octanol–water partition coefficient (Wildman–Crippen LogP) is 4.56. The summed E-state index contributed by atoms with van der Waals surface area (Å²) in [5.74, 6) is 1.58. The SMILES string of the molecule is CCNC(=O)C(CC)N(Cc1cccc(C)c1)C(=O)CCSCc1ccccc1.